The van der Waals surface area contributed by atoms with Crippen LogP contribution in [0.15, 0.2) is 0 Å². The fourth-order valence-corrected chi connectivity index (χ4v) is 1.47. The molecule has 0 bridgehead atoms. The maximum Gasteiger partial charge on any atom is 0.423 e. The monoisotopic (exact) mass is 276 g/mol. The van der Waals surface area contributed by atoms with Crippen LogP contribution in [0.5, 0.6) is 0 Å². The SMILES string of the molecule is CSOC(C(F)(F)F)C(F)(F)S(=O)(=O)O. The Morgan fingerprint density at radius 2 is 1.67 bits per heavy atom. The van der Waals surface area contributed by atoms with Crippen LogP contribution in [-0.4, -0.2) is 36.8 Å². The summed E-state index contributed by atoms with van der Waals surface area (Å²) in [6.07, 6.45) is -8.66. The topological polar surface area (TPSA) is 63.6 Å². The molecule has 0 aliphatic carbocycles. The first-order chi connectivity index (χ1) is 6.44. The molecule has 1 atom stereocenters. The summed E-state index contributed by atoms with van der Waals surface area (Å²) < 4.78 is 92.5. The van der Waals surface area contributed by atoms with Gasteiger partial charge >= 0.3 is 21.5 Å². The largest absolute Gasteiger partial charge is 0.423 e. The van der Waals surface area contributed by atoms with E-state index in [9.17, 15) is 30.4 Å². The number of halogens is 5. The van der Waals surface area contributed by atoms with Crippen molar-refractivity contribution >= 4 is 22.2 Å². The normalized spacial score (nSPS) is 16.5. The lowest BCUT2D eigenvalue weighted by Crippen LogP contribution is -2.50. The van der Waals surface area contributed by atoms with Crippen LogP contribution in [0.25, 0.3) is 0 Å². The zero-order valence-corrected chi connectivity index (χ0v) is 8.59. The van der Waals surface area contributed by atoms with Crippen molar-refractivity contribution < 1.29 is 39.1 Å². The van der Waals surface area contributed by atoms with E-state index in [1.54, 1.807) is 0 Å². The third kappa shape index (κ3) is 3.43. The van der Waals surface area contributed by atoms with Gasteiger partial charge in [0, 0.05) is 6.26 Å². The smallest absolute Gasteiger partial charge is 0.295 e. The Morgan fingerprint density at radius 3 is 1.87 bits per heavy atom. The second kappa shape index (κ2) is 4.39. The molecule has 4 nitrogen and oxygen atoms in total. The highest BCUT2D eigenvalue weighted by molar-refractivity contribution is 7.94. The molecule has 0 amide bonds. The van der Waals surface area contributed by atoms with Gasteiger partial charge in [-0.25, -0.2) is 0 Å². The lowest BCUT2D eigenvalue weighted by atomic mass is 10.4. The van der Waals surface area contributed by atoms with E-state index < -0.39 is 27.7 Å². The second-order valence-corrected chi connectivity index (χ2v) is 4.24. The lowest BCUT2D eigenvalue weighted by Gasteiger charge is -2.24. The summed E-state index contributed by atoms with van der Waals surface area (Å²) in [5.74, 6) is 0. The molecule has 0 rings (SSSR count). The van der Waals surface area contributed by atoms with Crippen LogP contribution in [0.4, 0.5) is 22.0 Å². The summed E-state index contributed by atoms with van der Waals surface area (Å²) in [6, 6.07) is 0. The fraction of sp³-hybridized carbons (Fsp3) is 1.00. The van der Waals surface area contributed by atoms with Gasteiger partial charge in [-0.1, -0.05) is 0 Å². The van der Waals surface area contributed by atoms with E-state index in [4.69, 9.17) is 4.55 Å². The van der Waals surface area contributed by atoms with Gasteiger partial charge in [-0.2, -0.15) is 30.4 Å². The van der Waals surface area contributed by atoms with Gasteiger partial charge in [-0.05, 0) is 12.0 Å². The van der Waals surface area contributed by atoms with Crippen LogP contribution >= 0.6 is 12.0 Å². The summed E-state index contributed by atoms with van der Waals surface area (Å²) in [5.41, 5.74) is 0. The Balaban J connectivity index is 5.27. The van der Waals surface area contributed by atoms with Gasteiger partial charge in [0.15, 0.2) is 0 Å². The van der Waals surface area contributed by atoms with Crippen molar-refractivity contribution in [3.8, 4) is 0 Å². The van der Waals surface area contributed by atoms with Gasteiger partial charge in [0.1, 0.15) is 0 Å². The minimum atomic E-state index is -6.20. The molecule has 0 aliphatic rings. The van der Waals surface area contributed by atoms with E-state index in [0.717, 1.165) is 6.26 Å². The molecule has 0 aliphatic heterocycles. The number of hydrogen-bond donors (Lipinski definition) is 1. The van der Waals surface area contributed by atoms with Crippen molar-refractivity contribution in [3.63, 3.8) is 0 Å². The molecule has 1 N–H and O–H groups in total. The van der Waals surface area contributed by atoms with Crippen LogP contribution in [0.3, 0.4) is 0 Å². The lowest BCUT2D eigenvalue weighted by molar-refractivity contribution is -0.235. The highest BCUT2D eigenvalue weighted by atomic mass is 32.2. The molecule has 0 aromatic rings. The average Bonchev–Trinajstić information content (AvgIpc) is 1.95. The molecular weight excluding hydrogens is 271 g/mol. The molecule has 0 radical (unpaired) electrons. The molecule has 0 fully saturated rings. The summed E-state index contributed by atoms with van der Waals surface area (Å²) >= 11 is -0.0960. The van der Waals surface area contributed by atoms with Gasteiger partial charge in [0.25, 0.3) is 0 Å². The molecule has 15 heavy (non-hydrogen) atoms. The van der Waals surface area contributed by atoms with Crippen molar-refractivity contribution in [1.82, 2.24) is 0 Å². The zero-order chi connectivity index (χ0) is 12.5. The predicted octanol–water partition coefficient (Wildman–Crippen LogP) is 1.69. The highest BCUT2D eigenvalue weighted by Crippen LogP contribution is 2.39. The predicted molar refractivity (Wildman–Crippen MR) is 40.9 cm³/mol. The first-order valence-corrected chi connectivity index (χ1v) is 5.64. The van der Waals surface area contributed by atoms with Gasteiger partial charge in [-0.3, -0.25) is 8.74 Å². The minimum Gasteiger partial charge on any atom is -0.295 e. The quantitative estimate of drug-likeness (QED) is 0.481. The zero-order valence-electron chi connectivity index (χ0n) is 6.96. The maximum atomic E-state index is 12.6. The Kier molecular flexibility index (Phi) is 4.35. The molecule has 92 valence electrons. The number of rotatable bonds is 4. The standard InChI is InChI=1S/C4H5F5O4S2/c1-14-13-2(3(5,6)7)4(8,9)15(10,11)12/h2H,1H3,(H,10,11,12). The first kappa shape index (κ1) is 14.9. The molecule has 0 saturated heterocycles. The van der Waals surface area contributed by atoms with E-state index in [0.29, 0.717) is 0 Å². The molecule has 0 spiro atoms. The highest BCUT2D eigenvalue weighted by Gasteiger charge is 2.64. The Hall–Kier alpha value is -0.130. The van der Waals surface area contributed by atoms with E-state index in [2.05, 4.69) is 4.18 Å². The van der Waals surface area contributed by atoms with Gasteiger partial charge < -0.3 is 0 Å². The average molecular weight is 276 g/mol. The van der Waals surface area contributed by atoms with Crippen LogP contribution in [0.2, 0.25) is 0 Å². The summed E-state index contributed by atoms with van der Waals surface area (Å²) in [7, 11) is -6.20. The van der Waals surface area contributed by atoms with Crippen LogP contribution < -0.4 is 0 Å². The van der Waals surface area contributed by atoms with Crippen LogP contribution in [0, 0.1) is 0 Å². The Morgan fingerprint density at radius 1 is 1.27 bits per heavy atom. The molecule has 0 aromatic heterocycles. The Bertz CT molecular complexity index is 309. The fourth-order valence-electron chi connectivity index (χ4n) is 0.533. The van der Waals surface area contributed by atoms with Crippen molar-refractivity contribution in [3.05, 3.63) is 0 Å². The minimum absolute atomic E-state index is 0.0960. The summed E-state index contributed by atoms with van der Waals surface area (Å²) in [5, 5.41) is -5.45. The molecule has 0 aromatic carbocycles. The van der Waals surface area contributed by atoms with E-state index in [1.165, 1.54) is 0 Å². The maximum absolute atomic E-state index is 12.6. The van der Waals surface area contributed by atoms with Crippen molar-refractivity contribution in [1.29, 1.82) is 0 Å². The third-order valence-electron chi connectivity index (χ3n) is 1.14. The molecule has 0 saturated carbocycles. The van der Waals surface area contributed by atoms with E-state index in [-0.39, 0.29) is 12.0 Å². The molecule has 0 heterocycles. The van der Waals surface area contributed by atoms with E-state index >= 15 is 0 Å². The second-order valence-electron chi connectivity index (χ2n) is 2.22. The molecular formula is C4H5F5O4S2. The molecule has 11 heteroatoms. The van der Waals surface area contributed by atoms with Gasteiger partial charge in [-0.15, -0.1) is 0 Å². The first-order valence-electron chi connectivity index (χ1n) is 3.05. The summed E-state index contributed by atoms with van der Waals surface area (Å²) in [4.78, 5) is 0. The van der Waals surface area contributed by atoms with Crippen molar-refractivity contribution in [2.24, 2.45) is 0 Å². The van der Waals surface area contributed by atoms with Crippen LogP contribution in [0.1, 0.15) is 0 Å². The Labute approximate surface area is 85.7 Å². The van der Waals surface area contributed by atoms with Crippen LogP contribution in [-0.2, 0) is 14.3 Å². The van der Waals surface area contributed by atoms with Crippen molar-refractivity contribution in [2.75, 3.05) is 6.26 Å². The third-order valence-corrected chi connectivity index (χ3v) is 2.43. The number of alkyl halides is 5. The van der Waals surface area contributed by atoms with Gasteiger partial charge in [0.2, 0.25) is 6.10 Å². The van der Waals surface area contributed by atoms with Gasteiger partial charge in [0.05, 0.1) is 0 Å². The summed E-state index contributed by atoms with van der Waals surface area (Å²) in [6.45, 7) is 0. The number of hydrogen-bond acceptors (Lipinski definition) is 4. The molecule has 1 unspecified atom stereocenters. The van der Waals surface area contributed by atoms with E-state index in [1.807, 2.05) is 0 Å². The van der Waals surface area contributed by atoms with Crippen molar-refractivity contribution in [2.45, 2.75) is 17.5 Å².